The van der Waals surface area contributed by atoms with Crippen molar-refractivity contribution in [2.45, 2.75) is 52.3 Å². The number of anilines is 2. The normalized spacial score (nSPS) is 18.8. The lowest BCUT2D eigenvalue weighted by Crippen LogP contribution is -2.43. The van der Waals surface area contributed by atoms with Crippen LogP contribution < -0.4 is 15.5 Å². The van der Waals surface area contributed by atoms with Crippen LogP contribution in [-0.2, 0) is 6.18 Å². The minimum atomic E-state index is -4.55. The number of nitrogens with zero attached hydrogens (tertiary/aromatic N) is 3. The van der Waals surface area contributed by atoms with Gasteiger partial charge in [-0.15, -0.1) is 0 Å². The Balaban J connectivity index is 2.29. The molecule has 2 N–H and O–H groups in total. The molecule has 1 saturated heterocycles. The molecule has 0 amide bonds. The summed E-state index contributed by atoms with van der Waals surface area (Å²) < 4.78 is 39.6. The van der Waals surface area contributed by atoms with E-state index in [9.17, 15) is 13.2 Å². The first-order chi connectivity index (χ1) is 11.4. The molecule has 0 aromatic carbocycles. The lowest BCUT2D eigenvalue weighted by atomic mass is 10.0. The summed E-state index contributed by atoms with van der Waals surface area (Å²) in [5.41, 5.74) is -1.30. The quantitative estimate of drug-likeness (QED) is 0.767. The molecule has 1 fully saturated rings. The zero-order valence-corrected chi connectivity index (χ0v) is 15.7. The van der Waals surface area contributed by atoms with E-state index in [0.29, 0.717) is 19.0 Å². The van der Waals surface area contributed by atoms with Crippen molar-refractivity contribution in [1.82, 2.24) is 15.3 Å². The van der Waals surface area contributed by atoms with E-state index < -0.39 is 11.9 Å². The summed E-state index contributed by atoms with van der Waals surface area (Å²) in [6.45, 7) is 9.14. The highest BCUT2D eigenvalue weighted by molar-refractivity contribution is 7.80. The van der Waals surface area contributed by atoms with Crippen LogP contribution in [0.2, 0.25) is 0 Å². The predicted octanol–water partition coefficient (Wildman–Crippen LogP) is 3.82. The van der Waals surface area contributed by atoms with Crippen molar-refractivity contribution in [3.8, 4) is 0 Å². The van der Waals surface area contributed by atoms with Gasteiger partial charge < -0.3 is 15.5 Å². The number of hydrogen-bond acceptors (Lipinski definition) is 4. The topological polar surface area (TPSA) is 53.1 Å². The number of thiocarbonyl (C=S) groups is 1. The summed E-state index contributed by atoms with van der Waals surface area (Å²) in [4.78, 5) is 9.71. The largest absolute Gasteiger partial charge is 0.433 e. The molecule has 1 atom stereocenters. The number of aromatic nitrogens is 2. The van der Waals surface area contributed by atoms with Crippen molar-refractivity contribution in [2.75, 3.05) is 23.3 Å². The van der Waals surface area contributed by atoms with Gasteiger partial charge in [-0.1, -0.05) is 6.92 Å². The SMILES string of the molecule is CC1CCCN(c2cc(C(F)(F)F)nc(NC(=S)NC(C)(C)C)n2)C1. The lowest BCUT2D eigenvalue weighted by Gasteiger charge is -2.32. The highest BCUT2D eigenvalue weighted by Crippen LogP contribution is 2.31. The summed E-state index contributed by atoms with van der Waals surface area (Å²) in [7, 11) is 0. The molecule has 0 radical (unpaired) electrons. The average Bonchev–Trinajstić information content (AvgIpc) is 2.43. The van der Waals surface area contributed by atoms with E-state index in [2.05, 4.69) is 27.5 Å². The van der Waals surface area contributed by atoms with Crippen molar-refractivity contribution in [3.05, 3.63) is 11.8 Å². The fourth-order valence-corrected chi connectivity index (χ4v) is 3.07. The summed E-state index contributed by atoms with van der Waals surface area (Å²) >= 11 is 5.14. The van der Waals surface area contributed by atoms with Crippen molar-refractivity contribution in [3.63, 3.8) is 0 Å². The molecule has 1 aromatic rings. The Hall–Kier alpha value is -1.64. The molecule has 140 valence electrons. The van der Waals surface area contributed by atoms with Crippen molar-refractivity contribution in [1.29, 1.82) is 0 Å². The number of nitrogens with one attached hydrogen (secondary N) is 2. The number of piperidine rings is 1. The number of hydrogen-bond donors (Lipinski definition) is 2. The van der Waals surface area contributed by atoms with Crippen LogP contribution in [-0.4, -0.2) is 33.7 Å². The van der Waals surface area contributed by atoms with Crippen molar-refractivity contribution >= 4 is 29.1 Å². The fourth-order valence-electron chi connectivity index (χ4n) is 2.67. The van der Waals surface area contributed by atoms with Gasteiger partial charge in [0.05, 0.1) is 0 Å². The van der Waals surface area contributed by atoms with Crippen LogP contribution in [0.4, 0.5) is 24.9 Å². The van der Waals surface area contributed by atoms with Gasteiger partial charge in [0.2, 0.25) is 5.95 Å². The molecule has 1 aromatic heterocycles. The molecule has 1 unspecified atom stereocenters. The molecular weight excluding hydrogens is 351 g/mol. The second-order valence-corrected chi connectivity index (χ2v) is 7.86. The minimum absolute atomic E-state index is 0.148. The van der Waals surface area contributed by atoms with Gasteiger partial charge in [0.25, 0.3) is 0 Å². The summed E-state index contributed by atoms with van der Waals surface area (Å²) in [5, 5.41) is 5.84. The molecule has 0 spiro atoms. The number of halogens is 3. The fraction of sp³-hybridized carbons (Fsp3) is 0.688. The van der Waals surface area contributed by atoms with E-state index >= 15 is 0 Å². The molecule has 9 heteroatoms. The molecule has 25 heavy (non-hydrogen) atoms. The molecular formula is C16H24F3N5S. The van der Waals surface area contributed by atoms with E-state index in [1.807, 2.05) is 25.7 Å². The Morgan fingerprint density at radius 3 is 2.52 bits per heavy atom. The number of rotatable bonds is 2. The molecule has 5 nitrogen and oxygen atoms in total. The first-order valence-electron chi connectivity index (χ1n) is 8.24. The van der Waals surface area contributed by atoms with Crippen LogP contribution in [0.1, 0.15) is 46.2 Å². The predicted molar refractivity (Wildman–Crippen MR) is 96.8 cm³/mol. The Morgan fingerprint density at radius 1 is 1.28 bits per heavy atom. The van der Waals surface area contributed by atoms with E-state index in [4.69, 9.17) is 12.2 Å². The standard InChI is InChI=1S/C16H24F3N5S/c1-10-6-5-7-24(9-10)12-8-11(16(17,18)19)20-13(21-12)22-14(25)23-15(2,3)4/h8,10H,5-7,9H2,1-4H3,(H2,20,21,22,23,25). The maximum atomic E-state index is 13.2. The molecule has 2 rings (SSSR count). The Labute approximate surface area is 151 Å². The van der Waals surface area contributed by atoms with Gasteiger partial charge in [-0.25, -0.2) is 4.98 Å². The first kappa shape index (κ1) is 19.7. The van der Waals surface area contributed by atoms with Crippen LogP contribution in [0.5, 0.6) is 0 Å². The highest BCUT2D eigenvalue weighted by atomic mass is 32.1. The zero-order chi connectivity index (χ0) is 18.8. The van der Waals surface area contributed by atoms with Gasteiger partial charge in [0.1, 0.15) is 5.82 Å². The van der Waals surface area contributed by atoms with E-state index in [1.54, 1.807) is 0 Å². The van der Waals surface area contributed by atoms with Gasteiger partial charge >= 0.3 is 6.18 Å². The lowest BCUT2D eigenvalue weighted by molar-refractivity contribution is -0.141. The van der Waals surface area contributed by atoms with Crippen LogP contribution in [0.15, 0.2) is 6.07 Å². The zero-order valence-electron chi connectivity index (χ0n) is 14.9. The van der Waals surface area contributed by atoms with Crippen LogP contribution in [0.3, 0.4) is 0 Å². The Kier molecular flexibility index (Phi) is 5.75. The molecule has 0 aliphatic carbocycles. The van der Waals surface area contributed by atoms with E-state index in [0.717, 1.165) is 18.9 Å². The molecule has 0 bridgehead atoms. The van der Waals surface area contributed by atoms with Gasteiger partial charge in [-0.3, -0.25) is 0 Å². The monoisotopic (exact) mass is 375 g/mol. The summed E-state index contributed by atoms with van der Waals surface area (Å²) in [5.74, 6) is 0.540. The maximum absolute atomic E-state index is 13.2. The summed E-state index contributed by atoms with van der Waals surface area (Å²) in [6.07, 6.45) is -2.55. The van der Waals surface area contributed by atoms with Crippen LogP contribution in [0.25, 0.3) is 0 Å². The third-order valence-corrected chi connectivity index (χ3v) is 3.90. The molecule has 1 aliphatic rings. The van der Waals surface area contributed by atoms with E-state index in [1.165, 1.54) is 0 Å². The van der Waals surface area contributed by atoms with Crippen molar-refractivity contribution < 1.29 is 13.2 Å². The first-order valence-corrected chi connectivity index (χ1v) is 8.65. The smallest absolute Gasteiger partial charge is 0.358 e. The second-order valence-electron chi connectivity index (χ2n) is 7.46. The Bertz CT molecular complexity index is 627. The third kappa shape index (κ3) is 5.98. The van der Waals surface area contributed by atoms with Crippen molar-refractivity contribution in [2.24, 2.45) is 5.92 Å². The van der Waals surface area contributed by atoms with Gasteiger partial charge in [0, 0.05) is 24.7 Å². The van der Waals surface area contributed by atoms with Crippen LogP contribution >= 0.6 is 12.2 Å². The van der Waals surface area contributed by atoms with Gasteiger partial charge in [0.15, 0.2) is 10.8 Å². The second kappa shape index (κ2) is 7.31. The average molecular weight is 375 g/mol. The minimum Gasteiger partial charge on any atom is -0.358 e. The Morgan fingerprint density at radius 2 is 1.96 bits per heavy atom. The van der Waals surface area contributed by atoms with Gasteiger partial charge in [-0.2, -0.15) is 18.2 Å². The molecule has 2 heterocycles. The number of alkyl halides is 3. The molecule has 1 aliphatic heterocycles. The van der Waals surface area contributed by atoms with Crippen LogP contribution in [0, 0.1) is 5.92 Å². The summed E-state index contributed by atoms with van der Waals surface area (Å²) in [6, 6.07) is 1.00. The maximum Gasteiger partial charge on any atom is 0.433 e. The highest BCUT2D eigenvalue weighted by Gasteiger charge is 2.34. The third-order valence-electron chi connectivity index (χ3n) is 3.70. The molecule has 0 saturated carbocycles. The van der Waals surface area contributed by atoms with E-state index in [-0.39, 0.29) is 22.4 Å². The van der Waals surface area contributed by atoms with Gasteiger partial charge in [-0.05, 0) is 51.7 Å².